The van der Waals surface area contributed by atoms with E-state index < -0.39 is 0 Å². The molecule has 0 atom stereocenters. The van der Waals surface area contributed by atoms with Gasteiger partial charge in [0.2, 0.25) is 0 Å². The van der Waals surface area contributed by atoms with Gasteiger partial charge < -0.3 is 0 Å². The number of allylic oxidation sites excluding steroid dienone is 5. The highest BCUT2D eigenvalue weighted by Gasteiger charge is 1.69. The summed E-state index contributed by atoms with van der Waals surface area (Å²) in [5.74, 6) is 0. The predicted molar refractivity (Wildman–Crippen MR) is 49.5 cm³/mol. The molecule has 0 aromatic rings. The van der Waals surface area contributed by atoms with Gasteiger partial charge in [-0.3, -0.25) is 0 Å². The Labute approximate surface area is 65.0 Å². The van der Waals surface area contributed by atoms with Gasteiger partial charge in [-0.1, -0.05) is 29.9 Å². The van der Waals surface area contributed by atoms with E-state index in [1.807, 2.05) is 32.1 Å². The highest BCUT2D eigenvalue weighted by atomic mass is 13.8. The summed E-state index contributed by atoms with van der Waals surface area (Å²) < 4.78 is 0. The molecule has 0 N–H and O–H groups in total. The van der Waals surface area contributed by atoms with E-state index in [-0.39, 0.29) is 0 Å². The van der Waals surface area contributed by atoms with E-state index >= 15 is 0 Å². The van der Waals surface area contributed by atoms with Crippen LogP contribution in [-0.2, 0) is 0 Å². The first-order valence-electron chi connectivity index (χ1n) is 3.21. The van der Waals surface area contributed by atoms with Gasteiger partial charge in [0.1, 0.15) is 0 Å². The average Bonchev–Trinajstić information content (AvgIpc) is 1.90. The molecular formula is C10H16. The van der Waals surface area contributed by atoms with Crippen LogP contribution in [0.1, 0.15) is 13.8 Å². The summed E-state index contributed by atoms with van der Waals surface area (Å²) in [6, 6.07) is 0. The second-order valence-electron chi connectivity index (χ2n) is 1.74. The normalized spacial score (nSPS) is 10.6. The van der Waals surface area contributed by atoms with E-state index in [2.05, 4.69) is 20.4 Å². The summed E-state index contributed by atoms with van der Waals surface area (Å²) in [5, 5.41) is 0. The molecule has 0 bridgehead atoms. The Hall–Kier alpha value is -0.780. The van der Waals surface area contributed by atoms with Crippen molar-refractivity contribution in [3.8, 4) is 0 Å². The molecule has 0 aliphatic heterocycles. The third-order valence-electron chi connectivity index (χ3n) is 0.752. The maximum absolute atomic E-state index is 3.59. The minimum absolute atomic E-state index is 1.21. The van der Waals surface area contributed by atoms with Crippen molar-refractivity contribution in [1.82, 2.24) is 0 Å². The molecule has 0 saturated carbocycles. The van der Waals surface area contributed by atoms with Crippen molar-refractivity contribution in [3.05, 3.63) is 50.3 Å². The van der Waals surface area contributed by atoms with E-state index in [9.17, 15) is 0 Å². The molecule has 0 saturated heterocycles. The van der Waals surface area contributed by atoms with Crippen LogP contribution in [0.2, 0.25) is 0 Å². The molecule has 10 heavy (non-hydrogen) atoms. The molecule has 0 aromatic carbocycles. The van der Waals surface area contributed by atoms with Crippen molar-refractivity contribution in [1.29, 1.82) is 0 Å². The molecule has 0 nitrogen and oxygen atoms in total. The van der Waals surface area contributed by atoms with Gasteiger partial charge in [0.15, 0.2) is 0 Å². The highest BCUT2D eigenvalue weighted by molar-refractivity contribution is 5.15. The van der Waals surface area contributed by atoms with Gasteiger partial charge in [-0.15, -0.1) is 6.58 Å². The van der Waals surface area contributed by atoms with Crippen LogP contribution in [0.25, 0.3) is 0 Å². The molecule has 0 heterocycles. The Morgan fingerprint density at radius 2 is 1.70 bits per heavy atom. The predicted octanol–water partition coefficient (Wildman–Crippen LogP) is 3.35. The van der Waals surface area contributed by atoms with E-state index in [4.69, 9.17) is 0 Å². The first-order chi connectivity index (χ1) is 4.72. The number of rotatable bonds is 1. The van der Waals surface area contributed by atoms with E-state index in [1.165, 1.54) is 11.6 Å². The quantitative estimate of drug-likeness (QED) is 0.485. The summed E-state index contributed by atoms with van der Waals surface area (Å²) in [6.07, 6.45) is 7.35. The second-order valence-corrected chi connectivity index (χ2v) is 1.74. The van der Waals surface area contributed by atoms with Gasteiger partial charge in [0, 0.05) is 0 Å². The highest BCUT2D eigenvalue weighted by Crippen LogP contribution is 1.90. The van der Waals surface area contributed by atoms with Crippen molar-refractivity contribution in [2.45, 2.75) is 13.8 Å². The second kappa shape index (κ2) is 11.1. The lowest BCUT2D eigenvalue weighted by Gasteiger charge is -1.81. The molecular weight excluding hydrogens is 120 g/mol. The number of hydrogen-bond acceptors (Lipinski definition) is 0. The van der Waals surface area contributed by atoms with E-state index in [0.29, 0.717) is 0 Å². The molecule has 0 amide bonds. The van der Waals surface area contributed by atoms with E-state index in [0.717, 1.165) is 0 Å². The summed E-state index contributed by atoms with van der Waals surface area (Å²) in [5.41, 5.74) is 1.21. The van der Waals surface area contributed by atoms with Gasteiger partial charge in [0.25, 0.3) is 0 Å². The van der Waals surface area contributed by atoms with Gasteiger partial charge in [0.05, 0.1) is 0 Å². The zero-order chi connectivity index (χ0) is 8.41. The zero-order valence-corrected chi connectivity index (χ0v) is 6.93. The Bertz CT molecular complexity index is 116. The van der Waals surface area contributed by atoms with Crippen molar-refractivity contribution < 1.29 is 0 Å². The third-order valence-corrected chi connectivity index (χ3v) is 0.752. The molecule has 0 rings (SSSR count). The van der Waals surface area contributed by atoms with Gasteiger partial charge in [-0.05, 0) is 27.7 Å². The summed E-state index contributed by atoms with van der Waals surface area (Å²) in [7, 11) is 0. The molecule has 2 radical (unpaired) electrons. The fourth-order valence-corrected chi connectivity index (χ4v) is 0.331. The van der Waals surface area contributed by atoms with Crippen LogP contribution in [-0.4, -0.2) is 0 Å². The minimum Gasteiger partial charge on any atom is -0.103 e. The van der Waals surface area contributed by atoms with Gasteiger partial charge >= 0.3 is 0 Å². The lowest BCUT2D eigenvalue weighted by molar-refractivity contribution is 1.50. The molecule has 0 fully saturated rings. The molecule has 0 spiro atoms. The summed E-state index contributed by atoms with van der Waals surface area (Å²) >= 11 is 0. The largest absolute Gasteiger partial charge is 0.103 e. The summed E-state index contributed by atoms with van der Waals surface area (Å²) in [4.78, 5) is 0. The third kappa shape index (κ3) is 15.7. The fourth-order valence-electron chi connectivity index (χ4n) is 0.331. The maximum Gasteiger partial charge on any atom is -0.0310 e. The maximum atomic E-state index is 3.59. The molecule has 0 heteroatoms. The van der Waals surface area contributed by atoms with Crippen LogP contribution in [0.15, 0.2) is 36.5 Å². The minimum atomic E-state index is 1.21. The topological polar surface area (TPSA) is 0 Å². The molecule has 0 aliphatic carbocycles. The molecule has 0 aliphatic rings. The molecule has 0 unspecified atom stereocenters. The van der Waals surface area contributed by atoms with Crippen LogP contribution in [0.5, 0.6) is 0 Å². The first kappa shape index (κ1) is 12.0. The molecule has 56 valence electrons. The lowest BCUT2D eigenvalue weighted by atomic mass is 10.3. The smallest absolute Gasteiger partial charge is 0.0310 e. The van der Waals surface area contributed by atoms with Crippen molar-refractivity contribution >= 4 is 0 Å². The van der Waals surface area contributed by atoms with Gasteiger partial charge in [-0.25, -0.2) is 0 Å². The molecule has 0 aromatic heterocycles. The average molecular weight is 136 g/mol. The number of hydrogen-bond donors (Lipinski definition) is 0. The Morgan fingerprint density at radius 3 is 1.80 bits per heavy atom. The van der Waals surface area contributed by atoms with Crippen LogP contribution < -0.4 is 0 Å². The van der Waals surface area contributed by atoms with Crippen LogP contribution in [0.3, 0.4) is 0 Å². The first-order valence-corrected chi connectivity index (χ1v) is 3.21. The summed E-state index contributed by atoms with van der Waals surface area (Å²) in [6.45, 7) is 14.1. The van der Waals surface area contributed by atoms with Crippen LogP contribution >= 0.6 is 0 Å². The van der Waals surface area contributed by atoms with Gasteiger partial charge in [-0.2, -0.15) is 0 Å². The standard InChI is InChI=1S/C7H11.C3H5/c1-4-6-7(3)5-2;1-3-2/h4-6H,2H2,1,3H3;3H,1-2H2/b6-4+,7-5-;. The lowest BCUT2D eigenvalue weighted by Crippen LogP contribution is -1.60. The van der Waals surface area contributed by atoms with Crippen molar-refractivity contribution in [3.63, 3.8) is 0 Å². The van der Waals surface area contributed by atoms with E-state index in [1.54, 1.807) is 0 Å². The Balaban J connectivity index is 0. The van der Waals surface area contributed by atoms with Crippen LogP contribution in [0, 0.1) is 13.8 Å². The zero-order valence-electron chi connectivity index (χ0n) is 6.93. The Morgan fingerprint density at radius 1 is 1.30 bits per heavy atom. The monoisotopic (exact) mass is 136 g/mol. The SMILES string of the molecule is [CH2]/C=C(C)\C=C\C.[CH2]C=C. The van der Waals surface area contributed by atoms with Crippen molar-refractivity contribution in [2.75, 3.05) is 0 Å². The van der Waals surface area contributed by atoms with Crippen LogP contribution in [0.4, 0.5) is 0 Å². The fraction of sp³-hybridized carbons (Fsp3) is 0.200. The Kier molecular flexibility index (Phi) is 13.2. The van der Waals surface area contributed by atoms with Crippen molar-refractivity contribution in [2.24, 2.45) is 0 Å².